The van der Waals surface area contributed by atoms with Crippen molar-refractivity contribution in [3.8, 4) is 0 Å². The van der Waals surface area contributed by atoms with Gasteiger partial charge in [-0.2, -0.15) is 0 Å². The van der Waals surface area contributed by atoms with Crippen molar-refractivity contribution in [1.29, 1.82) is 0 Å². The second-order valence-electron chi connectivity index (χ2n) is 4.26. The Morgan fingerprint density at radius 2 is 2.00 bits per heavy atom. The number of aromatic nitrogens is 1. The van der Waals surface area contributed by atoms with Gasteiger partial charge < -0.3 is 10.6 Å². The molecule has 0 atom stereocenters. The van der Waals surface area contributed by atoms with Crippen molar-refractivity contribution in [2.45, 2.75) is 17.6 Å². The van der Waals surface area contributed by atoms with E-state index >= 15 is 0 Å². The lowest BCUT2D eigenvalue weighted by molar-refractivity contribution is -0.114. The Hall–Kier alpha value is -2.01. The molecule has 0 aliphatic heterocycles. The number of anilines is 2. The number of hydrogen-bond acceptors (Lipinski definition) is 4. The predicted molar refractivity (Wildman–Crippen MR) is 84.1 cm³/mol. The van der Waals surface area contributed by atoms with Crippen LogP contribution < -0.4 is 10.6 Å². The van der Waals surface area contributed by atoms with Gasteiger partial charge in [-0.1, -0.05) is 6.07 Å². The van der Waals surface area contributed by atoms with Crippen LogP contribution in [0.4, 0.5) is 11.5 Å². The first-order valence-corrected chi connectivity index (χ1v) is 7.29. The summed E-state index contributed by atoms with van der Waals surface area (Å²) in [6, 6.07) is 11.8. The van der Waals surface area contributed by atoms with Crippen LogP contribution in [0.2, 0.25) is 0 Å². The Labute approximate surface area is 123 Å². The molecule has 1 heterocycles. The first-order valence-electron chi connectivity index (χ1n) is 6.31. The van der Waals surface area contributed by atoms with E-state index < -0.39 is 0 Å². The van der Waals surface area contributed by atoms with E-state index in [2.05, 4.69) is 21.7 Å². The zero-order valence-corrected chi connectivity index (χ0v) is 12.3. The molecular weight excluding hydrogens is 270 g/mol. The molecule has 0 fully saturated rings. The van der Waals surface area contributed by atoms with E-state index in [0.717, 1.165) is 22.2 Å². The SMILES string of the molecule is CNc1ncccc1CSc1ccc(NC(C)=O)cc1. The van der Waals surface area contributed by atoms with Crippen molar-refractivity contribution in [2.24, 2.45) is 0 Å². The van der Waals surface area contributed by atoms with Crippen LogP contribution in [-0.2, 0) is 10.5 Å². The number of carbonyl (C=O) groups excluding carboxylic acids is 1. The van der Waals surface area contributed by atoms with Crippen LogP contribution in [0.5, 0.6) is 0 Å². The summed E-state index contributed by atoms with van der Waals surface area (Å²) in [6.45, 7) is 1.50. The predicted octanol–water partition coefficient (Wildman–Crippen LogP) is 3.37. The van der Waals surface area contributed by atoms with Gasteiger partial charge in [-0.15, -0.1) is 11.8 Å². The molecule has 0 bridgehead atoms. The lowest BCUT2D eigenvalue weighted by Gasteiger charge is -2.08. The van der Waals surface area contributed by atoms with Crippen molar-refractivity contribution < 1.29 is 4.79 Å². The normalized spacial score (nSPS) is 10.1. The topological polar surface area (TPSA) is 54.0 Å². The van der Waals surface area contributed by atoms with Gasteiger partial charge in [0.1, 0.15) is 5.82 Å². The minimum Gasteiger partial charge on any atom is -0.373 e. The monoisotopic (exact) mass is 287 g/mol. The third-order valence-corrected chi connectivity index (χ3v) is 3.76. The van der Waals surface area contributed by atoms with Crippen LogP contribution in [0.1, 0.15) is 12.5 Å². The molecule has 20 heavy (non-hydrogen) atoms. The molecule has 0 unspecified atom stereocenters. The first-order chi connectivity index (χ1) is 9.69. The summed E-state index contributed by atoms with van der Waals surface area (Å²) in [5.74, 6) is 1.71. The van der Waals surface area contributed by atoms with Gasteiger partial charge in [-0.25, -0.2) is 4.98 Å². The molecule has 0 aliphatic rings. The van der Waals surface area contributed by atoms with Gasteiger partial charge in [0.15, 0.2) is 0 Å². The minimum atomic E-state index is -0.0561. The number of pyridine rings is 1. The minimum absolute atomic E-state index is 0.0561. The number of carbonyl (C=O) groups is 1. The summed E-state index contributed by atoms with van der Waals surface area (Å²) in [7, 11) is 1.87. The Morgan fingerprint density at radius 3 is 2.65 bits per heavy atom. The fraction of sp³-hybridized carbons (Fsp3) is 0.200. The average Bonchev–Trinajstić information content (AvgIpc) is 2.46. The van der Waals surface area contributed by atoms with Crippen molar-refractivity contribution >= 4 is 29.2 Å². The molecule has 4 nitrogen and oxygen atoms in total. The smallest absolute Gasteiger partial charge is 0.221 e. The highest BCUT2D eigenvalue weighted by Gasteiger charge is 2.03. The Kier molecular flexibility index (Phi) is 5.01. The van der Waals surface area contributed by atoms with Crippen LogP contribution in [0, 0.1) is 0 Å². The summed E-state index contributed by atoms with van der Waals surface area (Å²) < 4.78 is 0. The number of nitrogens with one attached hydrogen (secondary N) is 2. The standard InChI is InChI=1S/C15H17N3OS/c1-11(19)18-13-5-7-14(8-6-13)20-10-12-4-3-9-17-15(12)16-2/h3-9H,10H2,1-2H3,(H,16,17)(H,18,19). The maximum atomic E-state index is 10.9. The number of rotatable bonds is 5. The molecule has 0 spiro atoms. The maximum absolute atomic E-state index is 10.9. The number of thioether (sulfide) groups is 1. The van der Waals surface area contributed by atoms with Gasteiger partial charge in [0.25, 0.3) is 0 Å². The van der Waals surface area contributed by atoms with Crippen molar-refractivity contribution in [3.05, 3.63) is 48.2 Å². The van der Waals surface area contributed by atoms with E-state index in [9.17, 15) is 4.79 Å². The molecule has 0 saturated heterocycles. The summed E-state index contributed by atoms with van der Waals surface area (Å²) in [5, 5.41) is 5.85. The molecule has 1 aromatic heterocycles. The molecule has 5 heteroatoms. The lowest BCUT2D eigenvalue weighted by Crippen LogP contribution is -2.05. The van der Waals surface area contributed by atoms with E-state index in [-0.39, 0.29) is 5.91 Å². The summed E-state index contributed by atoms with van der Waals surface area (Å²) in [6.07, 6.45) is 1.78. The molecule has 0 saturated carbocycles. The van der Waals surface area contributed by atoms with Crippen LogP contribution in [0.3, 0.4) is 0 Å². The van der Waals surface area contributed by atoms with Crippen LogP contribution in [0.25, 0.3) is 0 Å². The molecule has 104 valence electrons. The second-order valence-corrected chi connectivity index (χ2v) is 5.30. The Bertz CT molecular complexity index is 584. The van der Waals surface area contributed by atoms with E-state index in [1.807, 2.05) is 37.4 Å². The van der Waals surface area contributed by atoms with Gasteiger partial charge in [-0.05, 0) is 30.3 Å². The quantitative estimate of drug-likeness (QED) is 0.828. The van der Waals surface area contributed by atoms with Crippen LogP contribution in [-0.4, -0.2) is 17.9 Å². The first kappa shape index (κ1) is 14.4. The van der Waals surface area contributed by atoms with Crippen LogP contribution >= 0.6 is 11.8 Å². The third kappa shape index (κ3) is 3.99. The average molecular weight is 287 g/mol. The van der Waals surface area contributed by atoms with Gasteiger partial charge in [0, 0.05) is 42.1 Å². The van der Waals surface area contributed by atoms with Gasteiger partial charge in [-0.3, -0.25) is 4.79 Å². The Balaban J connectivity index is 1.98. The summed E-state index contributed by atoms with van der Waals surface area (Å²) in [5.41, 5.74) is 1.99. The molecule has 0 aliphatic carbocycles. The highest BCUT2D eigenvalue weighted by Crippen LogP contribution is 2.26. The molecule has 0 radical (unpaired) electrons. The van der Waals surface area contributed by atoms with Gasteiger partial charge in [0.2, 0.25) is 5.91 Å². The molecule has 2 rings (SSSR count). The number of hydrogen-bond donors (Lipinski definition) is 2. The molecule has 1 amide bonds. The van der Waals surface area contributed by atoms with E-state index in [0.29, 0.717) is 0 Å². The zero-order chi connectivity index (χ0) is 14.4. The second kappa shape index (κ2) is 6.96. The lowest BCUT2D eigenvalue weighted by atomic mass is 10.3. The van der Waals surface area contributed by atoms with E-state index in [1.165, 1.54) is 12.5 Å². The molecule has 1 aromatic carbocycles. The van der Waals surface area contributed by atoms with Crippen LogP contribution in [0.15, 0.2) is 47.5 Å². The van der Waals surface area contributed by atoms with Gasteiger partial charge in [0.05, 0.1) is 0 Å². The van der Waals surface area contributed by atoms with E-state index in [4.69, 9.17) is 0 Å². The van der Waals surface area contributed by atoms with Crippen molar-refractivity contribution in [3.63, 3.8) is 0 Å². The molecular formula is C15H17N3OS. The fourth-order valence-corrected chi connectivity index (χ4v) is 2.66. The maximum Gasteiger partial charge on any atom is 0.221 e. The molecule has 2 N–H and O–H groups in total. The number of benzene rings is 1. The largest absolute Gasteiger partial charge is 0.373 e. The highest BCUT2D eigenvalue weighted by molar-refractivity contribution is 7.98. The molecule has 2 aromatic rings. The van der Waals surface area contributed by atoms with Crippen molar-refractivity contribution in [2.75, 3.05) is 17.7 Å². The van der Waals surface area contributed by atoms with Gasteiger partial charge >= 0.3 is 0 Å². The summed E-state index contributed by atoms with van der Waals surface area (Å²) in [4.78, 5) is 16.4. The van der Waals surface area contributed by atoms with E-state index in [1.54, 1.807) is 18.0 Å². The van der Waals surface area contributed by atoms with Crippen molar-refractivity contribution in [1.82, 2.24) is 4.98 Å². The Morgan fingerprint density at radius 1 is 1.25 bits per heavy atom. The highest BCUT2D eigenvalue weighted by atomic mass is 32.2. The summed E-state index contributed by atoms with van der Waals surface area (Å²) >= 11 is 1.74. The zero-order valence-electron chi connectivity index (χ0n) is 11.5. The fourth-order valence-electron chi connectivity index (χ4n) is 1.78. The number of nitrogens with zero attached hydrogens (tertiary/aromatic N) is 1. The third-order valence-electron chi connectivity index (χ3n) is 2.70. The number of amides is 1.